The van der Waals surface area contributed by atoms with E-state index in [9.17, 15) is 9.90 Å². The predicted molar refractivity (Wildman–Crippen MR) is 76.1 cm³/mol. The van der Waals surface area contributed by atoms with Crippen molar-refractivity contribution in [1.82, 2.24) is 0 Å². The average Bonchev–Trinajstić information content (AvgIpc) is 2.37. The predicted octanol–water partition coefficient (Wildman–Crippen LogP) is 2.26. The summed E-state index contributed by atoms with van der Waals surface area (Å²) in [6.07, 6.45) is 3.65. The third kappa shape index (κ3) is 2.89. The molecule has 3 N–H and O–H groups in total. The lowest BCUT2D eigenvalue weighted by atomic mass is 9.76. The van der Waals surface area contributed by atoms with Gasteiger partial charge in [-0.25, -0.2) is 0 Å². The number of aromatic hydroxyl groups is 1. The van der Waals surface area contributed by atoms with E-state index in [2.05, 4.69) is 6.92 Å². The Hall–Kier alpha value is -1.55. The van der Waals surface area contributed by atoms with Crippen molar-refractivity contribution < 1.29 is 9.90 Å². The summed E-state index contributed by atoms with van der Waals surface area (Å²) in [6.45, 7) is 2.15. The van der Waals surface area contributed by atoms with Gasteiger partial charge in [0.25, 0.3) is 0 Å². The first-order chi connectivity index (χ1) is 8.92. The quantitative estimate of drug-likeness (QED) is 0.859. The van der Waals surface area contributed by atoms with Crippen LogP contribution in [0.5, 0.6) is 5.75 Å². The molecule has 1 aliphatic rings. The Morgan fingerprint density at radius 2 is 2.05 bits per heavy atom. The molecule has 1 amide bonds. The Bertz CT molecular complexity index is 458. The van der Waals surface area contributed by atoms with Crippen molar-refractivity contribution in [2.45, 2.75) is 38.1 Å². The molecule has 104 valence electrons. The Kier molecular flexibility index (Phi) is 3.80. The van der Waals surface area contributed by atoms with E-state index < -0.39 is 5.54 Å². The van der Waals surface area contributed by atoms with Crippen molar-refractivity contribution >= 4 is 11.6 Å². The maximum atomic E-state index is 12.6. The number of phenolic OH excluding ortho intramolecular Hbond substituents is 1. The van der Waals surface area contributed by atoms with Crippen LogP contribution in [-0.4, -0.2) is 23.6 Å². The van der Waals surface area contributed by atoms with Crippen LogP contribution in [0.2, 0.25) is 0 Å². The molecule has 0 heterocycles. The molecule has 1 saturated carbocycles. The smallest absolute Gasteiger partial charge is 0.246 e. The molecule has 4 nitrogen and oxygen atoms in total. The minimum absolute atomic E-state index is 0.0373. The molecule has 1 aromatic rings. The van der Waals surface area contributed by atoms with Crippen molar-refractivity contribution in [3.05, 3.63) is 24.3 Å². The normalized spacial score (nSPS) is 27.0. The van der Waals surface area contributed by atoms with Crippen LogP contribution in [0, 0.1) is 5.92 Å². The summed E-state index contributed by atoms with van der Waals surface area (Å²) in [7, 11) is 1.74. The SMILES string of the molecule is CC1CCCC(N)(C(=O)N(C)c2ccc(O)cc2)C1. The van der Waals surface area contributed by atoms with Gasteiger partial charge in [-0.1, -0.05) is 19.8 Å². The van der Waals surface area contributed by atoms with Crippen molar-refractivity contribution in [2.24, 2.45) is 11.7 Å². The zero-order valence-corrected chi connectivity index (χ0v) is 11.6. The van der Waals surface area contributed by atoms with Gasteiger partial charge in [-0.05, 0) is 43.0 Å². The number of amides is 1. The molecule has 1 aromatic carbocycles. The standard InChI is InChI=1S/C15H22N2O2/c1-11-4-3-9-15(16,10-11)14(19)17(2)12-5-7-13(18)8-6-12/h5-8,11,18H,3-4,9-10,16H2,1-2H3. The van der Waals surface area contributed by atoms with E-state index in [0.29, 0.717) is 5.92 Å². The number of likely N-dealkylation sites (N-methyl/N-ethyl adjacent to an activating group) is 1. The number of phenols is 1. The van der Waals surface area contributed by atoms with E-state index in [-0.39, 0.29) is 11.7 Å². The molecular weight excluding hydrogens is 240 g/mol. The minimum atomic E-state index is -0.746. The molecule has 0 saturated heterocycles. The summed E-state index contributed by atoms with van der Waals surface area (Å²) in [5, 5.41) is 9.28. The van der Waals surface area contributed by atoms with Crippen LogP contribution < -0.4 is 10.6 Å². The summed E-state index contributed by atoms with van der Waals surface area (Å²) in [4.78, 5) is 14.2. The number of benzene rings is 1. The summed E-state index contributed by atoms with van der Waals surface area (Å²) >= 11 is 0. The maximum Gasteiger partial charge on any atom is 0.246 e. The minimum Gasteiger partial charge on any atom is -0.508 e. The summed E-state index contributed by atoms with van der Waals surface area (Å²) < 4.78 is 0. The van der Waals surface area contributed by atoms with Crippen molar-refractivity contribution in [3.8, 4) is 5.75 Å². The van der Waals surface area contributed by atoms with Gasteiger partial charge in [-0.15, -0.1) is 0 Å². The molecule has 0 aromatic heterocycles. The monoisotopic (exact) mass is 262 g/mol. The van der Waals surface area contributed by atoms with Gasteiger partial charge in [0, 0.05) is 12.7 Å². The van der Waals surface area contributed by atoms with E-state index in [1.54, 1.807) is 36.2 Å². The number of carbonyl (C=O) groups is 1. The lowest BCUT2D eigenvalue weighted by molar-refractivity contribution is -0.125. The Morgan fingerprint density at radius 1 is 1.42 bits per heavy atom. The highest BCUT2D eigenvalue weighted by atomic mass is 16.3. The van der Waals surface area contributed by atoms with E-state index >= 15 is 0 Å². The fourth-order valence-electron chi connectivity index (χ4n) is 2.91. The number of nitrogens with zero attached hydrogens (tertiary/aromatic N) is 1. The molecule has 1 aliphatic carbocycles. The molecule has 2 atom stereocenters. The first-order valence-electron chi connectivity index (χ1n) is 6.78. The second kappa shape index (κ2) is 5.21. The molecule has 1 fully saturated rings. The summed E-state index contributed by atoms with van der Waals surface area (Å²) in [5.41, 5.74) is 6.33. The molecule has 2 unspecified atom stereocenters. The van der Waals surface area contributed by atoms with Gasteiger partial charge in [0.05, 0.1) is 5.54 Å². The van der Waals surface area contributed by atoms with Crippen LogP contribution in [0.4, 0.5) is 5.69 Å². The molecule has 0 spiro atoms. The lowest BCUT2D eigenvalue weighted by Crippen LogP contribution is -2.56. The van der Waals surface area contributed by atoms with Crippen molar-refractivity contribution in [2.75, 3.05) is 11.9 Å². The fourth-order valence-corrected chi connectivity index (χ4v) is 2.91. The number of carbonyl (C=O) groups excluding carboxylic acids is 1. The Labute approximate surface area is 114 Å². The van der Waals surface area contributed by atoms with Crippen LogP contribution in [0.3, 0.4) is 0 Å². The number of hydrogen-bond acceptors (Lipinski definition) is 3. The molecule has 0 aliphatic heterocycles. The third-order valence-electron chi connectivity index (χ3n) is 4.00. The largest absolute Gasteiger partial charge is 0.508 e. The van der Waals surface area contributed by atoms with Gasteiger partial charge in [-0.3, -0.25) is 4.79 Å². The van der Waals surface area contributed by atoms with Crippen LogP contribution in [0.1, 0.15) is 32.6 Å². The number of hydrogen-bond donors (Lipinski definition) is 2. The van der Waals surface area contributed by atoms with Crippen LogP contribution in [0.25, 0.3) is 0 Å². The number of nitrogens with two attached hydrogens (primary N) is 1. The summed E-state index contributed by atoms with van der Waals surface area (Å²) in [6, 6.07) is 6.60. The number of anilines is 1. The van der Waals surface area contributed by atoms with E-state index in [0.717, 1.165) is 31.4 Å². The van der Waals surface area contributed by atoms with E-state index in [1.165, 1.54) is 0 Å². The van der Waals surface area contributed by atoms with E-state index in [1.807, 2.05) is 0 Å². The van der Waals surface area contributed by atoms with Crippen molar-refractivity contribution in [3.63, 3.8) is 0 Å². The van der Waals surface area contributed by atoms with Gasteiger partial charge < -0.3 is 15.7 Å². The zero-order valence-electron chi connectivity index (χ0n) is 11.6. The Balaban J connectivity index is 2.16. The molecule has 2 rings (SSSR count). The van der Waals surface area contributed by atoms with Crippen LogP contribution in [-0.2, 0) is 4.79 Å². The van der Waals surface area contributed by atoms with E-state index in [4.69, 9.17) is 5.73 Å². The third-order valence-corrected chi connectivity index (χ3v) is 4.00. The first kappa shape index (κ1) is 13.9. The molecule has 0 radical (unpaired) electrons. The van der Waals surface area contributed by atoms with Crippen LogP contribution >= 0.6 is 0 Å². The molecular formula is C15H22N2O2. The lowest BCUT2D eigenvalue weighted by Gasteiger charge is -2.38. The topological polar surface area (TPSA) is 66.6 Å². The molecule has 19 heavy (non-hydrogen) atoms. The van der Waals surface area contributed by atoms with Gasteiger partial charge in [-0.2, -0.15) is 0 Å². The van der Waals surface area contributed by atoms with Crippen LogP contribution in [0.15, 0.2) is 24.3 Å². The average molecular weight is 262 g/mol. The fraction of sp³-hybridized carbons (Fsp3) is 0.533. The van der Waals surface area contributed by atoms with Crippen molar-refractivity contribution in [1.29, 1.82) is 0 Å². The molecule has 0 bridgehead atoms. The zero-order chi connectivity index (χ0) is 14.0. The maximum absolute atomic E-state index is 12.6. The highest BCUT2D eigenvalue weighted by Crippen LogP contribution is 2.32. The van der Waals surface area contributed by atoms with Gasteiger partial charge in [0.1, 0.15) is 5.75 Å². The highest BCUT2D eigenvalue weighted by molar-refractivity contribution is 5.99. The summed E-state index contributed by atoms with van der Waals surface area (Å²) in [5.74, 6) is 0.652. The van der Waals surface area contributed by atoms with Gasteiger partial charge in [0.2, 0.25) is 5.91 Å². The van der Waals surface area contributed by atoms with Gasteiger partial charge in [0.15, 0.2) is 0 Å². The first-order valence-corrected chi connectivity index (χ1v) is 6.78. The molecule has 4 heteroatoms. The number of rotatable bonds is 2. The Morgan fingerprint density at radius 3 is 2.63 bits per heavy atom. The van der Waals surface area contributed by atoms with Gasteiger partial charge >= 0.3 is 0 Å². The second-order valence-corrected chi connectivity index (χ2v) is 5.74. The second-order valence-electron chi connectivity index (χ2n) is 5.74. The highest BCUT2D eigenvalue weighted by Gasteiger charge is 2.39.